The molecule has 1 heterocycles. The van der Waals surface area contributed by atoms with Crippen molar-refractivity contribution in [3.63, 3.8) is 0 Å². The number of piperidine rings is 1. The van der Waals surface area contributed by atoms with Crippen LogP contribution in [0.1, 0.15) is 12.8 Å². The van der Waals surface area contributed by atoms with Crippen molar-refractivity contribution in [2.24, 2.45) is 5.92 Å². The smallest absolute Gasteiger partial charge is 0.0558 e. The molecule has 2 fully saturated rings. The minimum absolute atomic E-state index is 0.284. The predicted octanol–water partition coefficient (Wildman–Crippen LogP) is -0.339. The van der Waals surface area contributed by atoms with Crippen molar-refractivity contribution in [3.05, 3.63) is 0 Å². The first-order valence-electron chi connectivity index (χ1n) is 4.87. The minimum atomic E-state index is 0.284. The highest BCUT2D eigenvalue weighted by Gasteiger charge is 2.43. The van der Waals surface area contributed by atoms with Gasteiger partial charge < -0.3 is 10.4 Å². The van der Waals surface area contributed by atoms with E-state index in [0.717, 1.165) is 12.5 Å². The molecule has 0 spiro atoms. The molecule has 0 aromatic carbocycles. The van der Waals surface area contributed by atoms with E-state index in [4.69, 9.17) is 5.11 Å². The average Bonchev–Trinajstić information content (AvgIpc) is 2.62. The molecule has 2 rings (SSSR count). The third-order valence-corrected chi connectivity index (χ3v) is 3.35. The molecule has 0 aromatic rings. The lowest BCUT2D eigenvalue weighted by Crippen LogP contribution is -2.41. The van der Waals surface area contributed by atoms with E-state index in [1.807, 2.05) is 0 Å². The molecule has 0 amide bonds. The molecule has 0 unspecified atom stereocenters. The topological polar surface area (TPSA) is 35.5 Å². The summed E-state index contributed by atoms with van der Waals surface area (Å²) >= 11 is 0. The summed E-state index contributed by atoms with van der Waals surface area (Å²) in [6.45, 7) is 2.29. The van der Waals surface area contributed by atoms with Gasteiger partial charge >= 0.3 is 0 Å². The summed E-state index contributed by atoms with van der Waals surface area (Å²) in [5, 5.41) is 12.4. The Morgan fingerprint density at radius 3 is 2.75 bits per heavy atom. The zero-order valence-corrected chi connectivity index (χ0v) is 7.66. The fourth-order valence-electron chi connectivity index (χ4n) is 2.79. The zero-order valence-electron chi connectivity index (χ0n) is 7.66. The zero-order chi connectivity index (χ0) is 8.55. The molecule has 2 N–H and O–H groups in total. The molecule has 1 aliphatic carbocycles. The van der Waals surface area contributed by atoms with Crippen molar-refractivity contribution < 1.29 is 5.11 Å². The van der Waals surface area contributed by atoms with E-state index in [2.05, 4.69) is 17.3 Å². The standard InChI is InChI=1S/C9H18N2O/c1-11(4-5-12)9-7-2-3-8(9)10-6-7/h7-10,12H,2-6H2,1H3/t7-,8+,9-/m0/s1. The highest BCUT2D eigenvalue weighted by molar-refractivity contribution is 5.01. The molecule has 70 valence electrons. The van der Waals surface area contributed by atoms with Crippen molar-refractivity contribution in [1.29, 1.82) is 0 Å². The second kappa shape index (κ2) is 3.32. The number of likely N-dealkylation sites (N-methyl/N-ethyl adjacent to an activating group) is 1. The molecular formula is C9H18N2O. The largest absolute Gasteiger partial charge is 0.395 e. The lowest BCUT2D eigenvalue weighted by molar-refractivity contribution is 0.165. The summed E-state index contributed by atoms with van der Waals surface area (Å²) in [6, 6.07) is 1.39. The molecule has 0 radical (unpaired) electrons. The predicted molar refractivity (Wildman–Crippen MR) is 48.0 cm³/mol. The lowest BCUT2D eigenvalue weighted by atomic mass is 10.1. The Morgan fingerprint density at radius 1 is 1.50 bits per heavy atom. The van der Waals surface area contributed by atoms with Gasteiger partial charge in [0.25, 0.3) is 0 Å². The van der Waals surface area contributed by atoms with Crippen LogP contribution in [0.4, 0.5) is 0 Å². The Kier molecular flexibility index (Phi) is 2.35. The van der Waals surface area contributed by atoms with Crippen LogP contribution in [0.15, 0.2) is 0 Å². The Labute approximate surface area is 73.8 Å². The third-order valence-electron chi connectivity index (χ3n) is 3.35. The summed E-state index contributed by atoms with van der Waals surface area (Å²) < 4.78 is 0. The maximum Gasteiger partial charge on any atom is 0.0558 e. The molecule has 12 heavy (non-hydrogen) atoms. The Bertz CT molecular complexity index is 143. The maximum atomic E-state index is 8.83. The van der Waals surface area contributed by atoms with Crippen molar-refractivity contribution in [2.45, 2.75) is 24.9 Å². The van der Waals surface area contributed by atoms with Crippen LogP contribution in [0.25, 0.3) is 0 Å². The second-order valence-electron chi connectivity index (χ2n) is 4.05. The molecule has 1 saturated heterocycles. The van der Waals surface area contributed by atoms with Crippen LogP contribution in [-0.4, -0.2) is 48.8 Å². The van der Waals surface area contributed by atoms with E-state index in [0.29, 0.717) is 12.1 Å². The summed E-state index contributed by atoms with van der Waals surface area (Å²) in [5.41, 5.74) is 0. The van der Waals surface area contributed by atoms with Gasteiger partial charge in [0.15, 0.2) is 0 Å². The molecule has 0 aromatic heterocycles. The molecule has 3 heteroatoms. The monoisotopic (exact) mass is 170 g/mol. The average molecular weight is 170 g/mol. The van der Waals surface area contributed by atoms with E-state index in [1.54, 1.807) is 0 Å². The van der Waals surface area contributed by atoms with Crippen LogP contribution in [0.2, 0.25) is 0 Å². The first-order chi connectivity index (χ1) is 5.83. The summed E-state index contributed by atoms with van der Waals surface area (Å²) in [7, 11) is 2.12. The molecule has 3 nitrogen and oxygen atoms in total. The van der Waals surface area contributed by atoms with Gasteiger partial charge in [-0.1, -0.05) is 0 Å². The van der Waals surface area contributed by atoms with Crippen LogP contribution in [0.3, 0.4) is 0 Å². The third kappa shape index (κ3) is 1.26. The number of fused-ring (bicyclic) bond motifs is 2. The number of hydrogen-bond donors (Lipinski definition) is 2. The van der Waals surface area contributed by atoms with Crippen molar-refractivity contribution in [2.75, 3.05) is 26.7 Å². The van der Waals surface area contributed by atoms with Gasteiger partial charge in [-0.05, 0) is 32.4 Å². The number of nitrogens with one attached hydrogen (secondary N) is 1. The van der Waals surface area contributed by atoms with E-state index in [9.17, 15) is 0 Å². The molecule has 2 bridgehead atoms. The highest BCUT2D eigenvalue weighted by Crippen LogP contribution is 2.34. The van der Waals surface area contributed by atoms with Crippen molar-refractivity contribution in [1.82, 2.24) is 10.2 Å². The van der Waals surface area contributed by atoms with E-state index in [-0.39, 0.29) is 6.61 Å². The van der Waals surface area contributed by atoms with Crippen molar-refractivity contribution in [3.8, 4) is 0 Å². The normalized spacial score (nSPS) is 39.8. The Balaban J connectivity index is 1.95. The van der Waals surface area contributed by atoms with Crippen LogP contribution in [-0.2, 0) is 0 Å². The first-order valence-corrected chi connectivity index (χ1v) is 4.87. The summed E-state index contributed by atoms with van der Waals surface area (Å²) in [5.74, 6) is 0.839. The number of aliphatic hydroxyl groups is 1. The van der Waals surface area contributed by atoms with Crippen LogP contribution in [0.5, 0.6) is 0 Å². The molecule has 2 aliphatic rings. The van der Waals surface area contributed by atoms with Gasteiger partial charge in [0.2, 0.25) is 0 Å². The minimum Gasteiger partial charge on any atom is -0.395 e. The van der Waals surface area contributed by atoms with Crippen molar-refractivity contribution >= 4 is 0 Å². The van der Waals surface area contributed by atoms with Gasteiger partial charge in [-0.2, -0.15) is 0 Å². The quantitative estimate of drug-likeness (QED) is 0.608. The van der Waals surface area contributed by atoms with E-state index >= 15 is 0 Å². The summed E-state index contributed by atoms with van der Waals surface area (Å²) in [4.78, 5) is 2.31. The molecular weight excluding hydrogens is 152 g/mol. The van der Waals surface area contributed by atoms with Gasteiger partial charge in [0, 0.05) is 18.6 Å². The van der Waals surface area contributed by atoms with Crippen LogP contribution < -0.4 is 5.32 Å². The molecule has 1 saturated carbocycles. The molecule has 3 atom stereocenters. The SMILES string of the molecule is CN(CCO)[C@H]1[C@H]2CC[C@H]1NC2. The summed E-state index contributed by atoms with van der Waals surface area (Å²) in [6.07, 6.45) is 2.70. The van der Waals surface area contributed by atoms with Gasteiger partial charge in [0.05, 0.1) is 6.61 Å². The first kappa shape index (κ1) is 8.48. The van der Waals surface area contributed by atoms with E-state index < -0.39 is 0 Å². The highest BCUT2D eigenvalue weighted by atomic mass is 16.3. The lowest BCUT2D eigenvalue weighted by Gasteiger charge is -2.26. The second-order valence-corrected chi connectivity index (χ2v) is 4.05. The fourth-order valence-corrected chi connectivity index (χ4v) is 2.79. The number of aliphatic hydroxyl groups excluding tert-OH is 1. The Hall–Kier alpha value is -0.120. The van der Waals surface area contributed by atoms with Gasteiger partial charge in [-0.25, -0.2) is 0 Å². The van der Waals surface area contributed by atoms with E-state index in [1.165, 1.54) is 19.4 Å². The number of nitrogens with zero attached hydrogens (tertiary/aromatic N) is 1. The number of rotatable bonds is 3. The van der Waals surface area contributed by atoms with Gasteiger partial charge in [-0.3, -0.25) is 4.90 Å². The number of hydrogen-bond acceptors (Lipinski definition) is 3. The van der Waals surface area contributed by atoms with Crippen LogP contribution >= 0.6 is 0 Å². The van der Waals surface area contributed by atoms with Gasteiger partial charge in [-0.15, -0.1) is 0 Å². The van der Waals surface area contributed by atoms with Crippen LogP contribution in [0, 0.1) is 5.92 Å². The van der Waals surface area contributed by atoms with Gasteiger partial charge in [0.1, 0.15) is 0 Å². The Morgan fingerprint density at radius 2 is 2.33 bits per heavy atom. The maximum absolute atomic E-state index is 8.83. The molecule has 1 aliphatic heterocycles. The fraction of sp³-hybridized carbons (Fsp3) is 1.00.